The highest BCUT2D eigenvalue weighted by Gasteiger charge is 2.41. The highest BCUT2D eigenvalue weighted by atomic mass is 16.2. The number of carbonyl (C=O) groups excluding carboxylic acids is 4. The van der Waals surface area contributed by atoms with Crippen LogP contribution in [0.4, 0.5) is 11.5 Å². The van der Waals surface area contributed by atoms with Crippen LogP contribution in [0.15, 0.2) is 42.6 Å². The average Bonchev–Trinajstić information content (AvgIpc) is 2.88. The fourth-order valence-corrected chi connectivity index (χ4v) is 3.89. The van der Waals surface area contributed by atoms with Gasteiger partial charge in [-0.15, -0.1) is 0 Å². The van der Waals surface area contributed by atoms with Gasteiger partial charge in [0.05, 0.1) is 12.1 Å². The minimum Gasteiger partial charge on any atom is -0.347 e. The number of fused-ring (bicyclic) bond motifs is 1. The van der Waals surface area contributed by atoms with Crippen molar-refractivity contribution in [3.8, 4) is 0 Å². The van der Waals surface area contributed by atoms with Crippen molar-refractivity contribution in [2.45, 2.75) is 31.8 Å². The number of aromatic nitrogens is 1. The Morgan fingerprint density at radius 2 is 2.00 bits per heavy atom. The summed E-state index contributed by atoms with van der Waals surface area (Å²) in [5.74, 6) is -0.340. The number of carbonyl (C=O) groups is 4. The second-order valence-electron chi connectivity index (χ2n) is 7.81. The number of benzene rings is 1. The van der Waals surface area contributed by atoms with Crippen LogP contribution >= 0.6 is 0 Å². The van der Waals surface area contributed by atoms with Gasteiger partial charge in [0.1, 0.15) is 11.5 Å². The highest BCUT2D eigenvalue weighted by molar-refractivity contribution is 6.01. The molecule has 160 valence electrons. The zero-order valence-corrected chi connectivity index (χ0v) is 17.1. The SMILES string of the molecule is CC(=O)c1cccc(NC(=O)CN2CC[C@]3(CCC2=O)NC(=O)c2cccnc2N3)c1. The maximum Gasteiger partial charge on any atom is 0.256 e. The molecule has 1 aromatic heterocycles. The minimum atomic E-state index is -0.783. The molecule has 0 aliphatic carbocycles. The molecule has 2 aromatic rings. The van der Waals surface area contributed by atoms with Crippen LogP contribution in [0.2, 0.25) is 0 Å². The van der Waals surface area contributed by atoms with Gasteiger partial charge in [-0.1, -0.05) is 12.1 Å². The number of ketones is 1. The van der Waals surface area contributed by atoms with E-state index in [4.69, 9.17) is 0 Å². The minimum absolute atomic E-state index is 0.0952. The van der Waals surface area contributed by atoms with Gasteiger partial charge >= 0.3 is 0 Å². The van der Waals surface area contributed by atoms with Crippen LogP contribution in [0.25, 0.3) is 0 Å². The number of rotatable bonds is 4. The van der Waals surface area contributed by atoms with Crippen LogP contribution in [0, 0.1) is 0 Å². The third-order valence-electron chi connectivity index (χ3n) is 5.58. The Labute approximate surface area is 179 Å². The molecule has 4 rings (SSSR count). The Morgan fingerprint density at radius 3 is 2.81 bits per heavy atom. The molecule has 3 N–H and O–H groups in total. The lowest BCUT2D eigenvalue weighted by atomic mass is 9.97. The molecule has 0 bridgehead atoms. The number of pyridine rings is 1. The second kappa shape index (κ2) is 8.17. The van der Waals surface area contributed by atoms with E-state index in [-0.39, 0.29) is 36.5 Å². The summed E-state index contributed by atoms with van der Waals surface area (Å²) in [4.78, 5) is 54.9. The monoisotopic (exact) mass is 421 g/mol. The molecule has 9 heteroatoms. The number of hydrogen-bond donors (Lipinski definition) is 3. The number of amides is 3. The van der Waals surface area contributed by atoms with Gasteiger partial charge in [0.15, 0.2) is 5.78 Å². The van der Waals surface area contributed by atoms with Gasteiger partial charge < -0.3 is 20.9 Å². The molecule has 1 aromatic carbocycles. The second-order valence-corrected chi connectivity index (χ2v) is 7.81. The van der Waals surface area contributed by atoms with Crippen molar-refractivity contribution in [3.63, 3.8) is 0 Å². The van der Waals surface area contributed by atoms with E-state index in [0.717, 1.165) is 0 Å². The van der Waals surface area contributed by atoms with E-state index < -0.39 is 5.66 Å². The van der Waals surface area contributed by atoms with Crippen molar-refractivity contribution in [2.75, 3.05) is 23.7 Å². The van der Waals surface area contributed by atoms with E-state index >= 15 is 0 Å². The smallest absolute Gasteiger partial charge is 0.256 e. The van der Waals surface area contributed by atoms with Crippen LogP contribution in [0.1, 0.15) is 46.9 Å². The summed E-state index contributed by atoms with van der Waals surface area (Å²) in [6, 6.07) is 10.0. The first-order chi connectivity index (χ1) is 14.8. The van der Waals surface area contributed by atoms with Crippen molar-refractivity contribution in [2.24, 2.45) is 0 Å². The number of nitrogens with zero attached hydrogens (tertiary/aromatic N) is 2. The third kappa shape index (κ3) is 4.40. The Balaban J connectivity index is 1.42. The van der Waals surface area contributed by atoms with Gasteiger partial charge in [-0.2, -0.15) is 0 Å². The lowest BCUT2D eigenvalue weighted by molar-refractivity contribution is -0.134. The Kier molecular flexibility index (Phi) is 5.41. The molecule has 3 amide bonds. The highest BCUT2D eigenvalue weighted by Crippen LogP contribution is 2.30. The average molecular weight is 421 g/mol. The van der Waals surface area contributed by atoms with Crippen LogP contribution in [-0.4, -0.2) is 52.1 Å². The van der Waals surface area contributed by atoms with Crippen LogP contribution in [0.3, 0.4) is 0 Å². The molecule has 0 radical (unpaired) electrons. The largest absolute Gasteiger partial charge is 0.347 e. The summed E-state index contributed by atoms with van der Waals surface area (Å²) in [5.41, 5.74) is 0.682. The van der Waals surface area contributed by atoms with Crippen molar-refractivity contribution in [3.05, 3.63) is 53.7 Å². The number of hydrogen-bond acceptors (Lipinski definition) is 6. The number of anilines is 2. The summed E-state index contributed by atoms with van der Waals surface area (Å²) in [6.45, 7) is 1.65. The molecule has 2 aliphatic heterocycles. The molecule has 0 unspecified atom stereocenters. The Hall–Kier alpha value is -3.75. The number of Topliss-reactive ketones (excluding diaryl/α,β-unsaturated/α-hetero) is 1. The molecule has 3 heterocycles. The Morgan fingerprint density at radius 1 is 1.16 bits per heavy atom. The van der Waals surface area contributed by atoms with E-state index in [0.29, 0.717) is 42.0 Å². The first kappa shape index (κ1) is 20.5. The van der Waals surface area contributed by atoms with Crippen LogP contribution < -0.4 is 16.0 Å². The quantitative estimate of drug-likeness (QED) is 0.648. The maximum atomic E-state index is 12.6. The molecular weight excluding hydrogens is 398 g/mol. The van der Waals surface area contributed by atoms with Gasteiger partial charge in [-0.3, -0.25) is 19.2 Å². The van der Waals surface area contributed by atoms with E-state index in [1.807, 2.05) is 0 Å². The summed E-state index contributed by atoms with van der Waals surface area (Å²) in [7, 11) is 0. The fourth-order valence-electron chi connectivity index (χ4n) is 3.89. The summed E-state index contributed by atoms with van der Waals surface area (Å²) in [6.07, 6.45) is 2.63. The molecule has 1 saturated heterocycles. The first-order valence-corrected chi connectivity index (χ1v) is 10.1. The van der Waals surface area contributed by atoms with Crippen LogP contribution in [0.5, 0.6) is 0 Å². The van der Waals surface area contributed by atoms with Gasteiger partial charge in [-0.05, 0) is 37.6 Å². The number of likely N-dealkylation sites (tertiary alicyclic amines) is 1. The topological polar surface area (TPSA) is 121 Å². The molecule has 31 heavy (non-hydrogen) atoms. The molecule has 0 saturated carbocycles. The maximum absolute atomic E-state index is 12.6. The van der Waals surface area contributed by atoms with Crippen molar-refractivity contribution >= 4 is 35.0 Å². The van der Waals surface area contributed by atoms with Gasteiger partial charge in [0.25, 0.3) is 5.91 Å². The van der Waals surface area contributed by atoms with E-state index in [2.05, 4.69) is 20.9 Å². The zero-order valence-electron chi connectivity index (χ0n) is 17.1. The predicted octanol–water partition coefficient (Wildman–Crippen LogP) is 1.79. The lowest BCUT2D eigenvalue weighted by Crippen LogP contribution is -2.58. The van der Waals surface area contributed by atoms with Crippen molar-refractivity contribution in [1.82, 2.24) is 15.2 Å². The summed E-state index contributed by atoms with van der Waals surface area (Å²) < 4.78 is 0. The fraction of sp³-hybridized carbons (Fsp3) is 0.318. The van der Waals surface area contributed by atoms with E-state index in [1.165, 1.54) is 11.8 Å². The zero-order chi connectivity index (χ0) is 22.0. The molecule has 1 spiro atoms. The van der Waals surface area contributed by atoms with Crippen molar-refractivity contribution in [1.29, 1.82) is 0 Å². The Bertz CT molecular complexity index is 1070. The standard InChI is InChI=1S/C22H23N5O4/c1-14(28)15-4-2-5-16(12-15)24-18(29)13-27-11-9-22(8-7-19(27)30)25-20-17(21(31)26-22)6-3-10-23-20/h2-6,10,12H,7-9,11,13H2,1H3,(H,23,25)(H,24,29)(H,26,31)/t22-/m0/s1. The lowest BCUT2D eigenvalue weighted by Gasteiger charge is -2.39. The summed E-state index contributed by atoms with van der Waals surface area (Å²) in [5, 5.41) is 8.99. The van der Waals surface area contributed by atoms with Crippen LogP contribution in [-0.2, 0) is 9.59 Å². The number of nitrogens with one attached hydrogen (secondary N) is 3. The molecule has 2 aliphatic rings. The molecule has 1 atom stereocenters. The normalized spacial score (nSPS) is 20.4. The van der Waals surface area contributed by atoms with E-state index in [9.17, 15) is 19.2 Å². The van der Waals surface area contributed by atoms with Gasteiger partial charge in [0.2, 0.25) is 11.8 Å². The van der Waals surface area contributed by atoms with E-state index in [1.54, 1.807) is 42.6 Å². The predicted molar refractivity (Wildman–Crippen MR) is 114 cm³/mol. The van der Waals surface area contributed by atoms with Gasteiger partial charge in [-0.25, -0.2) is 4.98 Å². The molecule has 9 nitrogen and oxygen atoms in total. The van der Waals surface area contributed by atoms with Crippen molar-refractivity contribution < 1.29 is 19.2 Å². The first-order valence-electron chi connectivity index (χ1n) is 10.1. The summed E-state index contributed by atoms with van der Waals surface area (Å²) >= 11 is 0. The van der Waals surface area contributed by atoms with Gasteiger partial charge in [0, 0.05) is 36.8 Å². The molecule has 1 fully saturated rings. The third-order valence-corrected chi connectivity index (χ3v) is 5.58. The molecular formula is C22H23N5O4.